The first-order chi connectivity index (χ1) is 6.68. The van der Waals surface area contributed by atoms with Gasteiger partial charge in [-0.15, -0.1) is 0 Å². The van der Waals surface area contributed by atoms with E-state index < -0.39 is 0 Å². The highest BCUT2D eigenvalue weighted by Gasteiger charge is 2.33. The van der Waals surface area contributed by atoms with E-state index in [-0.39, 0.29) is 18.0 Å². The van der Waals surface area contributed by atoms with Gasteiger partial charge in [0.2, 0.25) is 5.91 Å². The number of rotatable bonds is 2. The fourth-order valence-electron chi connectivity index (χ4n) is 2.14. The summed E-state index contributed by atoms with van der Waals surface area (Å²) in [4.78, 5) is 24.2. The minimum Gasteiger partial charge on any atom is -0.321 e. The van der Waals surface area contributed by atoms with E-state index in [4.69, 9.17) is 0 Å². The summed E-state index contributed by atoms with van der Waals surface area (Å²) in [7, 11) is 0. The highest BCUT2D eigenvalue weighted by Crippen LogP contribution is 2.32. The van der Waals surface area contributed by atoms with Crippen molar-refractivity contribution in [2.75, 3.05) is 6.54 Å². The number of urea groups is 1. The second kappa shape index (κ2) is 3.59. The predicted molar refractivity (Wildman–Crippen MR) is 51.7 cm³/mol. The quantitative estimate of drug-likeness (QED) is 0.719. The van der Waals surface area contributed by atoms with Gasteiger partial charge in [-0.25, -0.2) is 4.79 Å². The average Bonchev–Trinajstić information content (AvgIpc) is 2.00. The van der Waals surface area contributed by atoms with E-state index in [2.05, 4.69) is 12.2 Å². The highest BCUT2D eigenvalue weighted by atomic mass is 16.2. The molecule has 0 aromatic heterocycles. The lowest BCUT2D eigenvalue weighted by Crippen LogP contribution is -2.55. The maximum atomic E-state index is 11.5. The third-order valence-corrected chi connectivity index (χ3v) is 3.41. The van der Waals surface area contributed by atoms with Gasteiger partial charge < -0.3 is 4.90 Å². The number of nitrogens with one attached hydrogen (secondary N) is 1. The summed E-state index contributed by atoms with van der Waals surface area (Å²) in [6.07, 6.45) is 4.17. The summed E-state index contributed by atoms with van der Waals surface area (Å²) in [6.45, 7) is 2.67. The van der Waals surface area contributed by atoms with E-state index in [9.17, 15) is 9.59 Å². The summed E-state index contributed by atoms with van der Waals surface area (Å²) in [5, 5.41) is 2.36. The molecule has 2 rings (SSSR count). The van der Waals surface area contributed by atoms with Crippen molar-refractivity contribution in [3.8, 4) is 0 Å². The van der Waals surface area contributed by atoms with Crippen LogP contribution in [0, 0.1) is 5.92 Å². The number of carbonyl (C=O) groups excluding carboxylic acids is 2. The molecular weight excluding hydrogens is 180 g/mol. The van der Waals surface area contributed by atoms with Gasteiger partial charge >= 0.3 is 6.03 Å². The lowest BCUT2D eigenvalue weighted by atomic mass is 9.79. The van der Waals surface area contributed by atoms with E-state index in [0.29, 0.717) is 18.9 Å². The summed E-state index contributed by atoms with van der Waals surface area (Å²) in [5.41, 5.74) is 0. The Bertz CT molecular complexity index is 261. The summed E-state index contributed by atoms with van der Waals surface area (Å²) in [6, 6.07) is 0.0810. The largest absolute Gasteiger partial charge is 0.324 e. The normalized spacial score (nSPS) is 25.6. The fourth-order valence-corrected chi connectivity index (χ4v) is 2.14. The van der Waals surface area contributed by atoms with Gasteiger partial charge in [-0.2, -0.15) is 0 Å². The maximum absolute atomic E-state index is 11.5. The second-order valence-electron chi connectivity index (χ2n) is 4.23. The standard InChI is InChI=1S/C10H16N2O2/c1-7(8-3-2-4-8)12-6-5-9(13)11-10(12)14/h7-8H,2-6H2,1H3,(H,11,13,14). The van der Waals surface area contributed by atoms with Crippen molar-refractivity contribution in [1.82, 2.24) is 10.2 Å². The van der Waals surface area contributed by atoms with Crippen LogP contribution in [0.4, 0.5) is 4.79 Å². The van der Waals surface area contributed by atoms with Gasteiger partial charge in [-0.05, 0) is 25.7 Å². The van der Waals surface area contributed by atoms with Crippen molar-refractivity contribution in [1.29, 1.82) is 0 Å². The third kappa shape index (κ3) is 1.61. The Balaban J connectivity index is 1.95. The number of imide groups is 1. The van der Waals surface area contributed by atoms with Crippen LogP contribution in [0.1, 0.15) is 32.6 Å². The molecule has 0 spiro atoms. The molecule has 4 nitrogen and oxygen atoms in total. The summed E-state index contributed by atoms with van der Waals surface area (Å²) < 4.78 is 0. The van der Waals surface area contributed by atoms with Crippen molar-refractivity contribution >= 4 is 11.9 Å². The van der Waals surface area contributed by atoms with Crippen LogP contribution in [-0.4, -0.2) is 29.4 Å². The molecule has 2 fully saturated rings. The molecule has 1 aliphatic carbocycles. The fraction of sp³-hybridized carbons (Fsp3) is 0.800. The van der Waals surface area contributed by atoms with E-state index >= 15 is 0 Å². The Labute approximate surface area is 83.6 Å². The molecule has 1 atom stereocenters. The number of hydrogen-bond donors (Lipinski definition) is 1. The molecule has 14 heavy (non-hydrogen) atoms. The molecule has 0 radical (unpaired) electrons. The molecule has 0 bridgehead atoms. The molecule has 1 saturated heterocycles. The van der Waals surface area contributed by atoms with Crippen molar-refractivity contribution < 1.29 is 9.59 Å². The number of nitrogens with zero attached hydrogens (tertiary/aromatic N) is 1. The van der Waals surface area contributed by atoms with Gasteiger partial charge in [0.1, 0.15) is 0 Å². The van der Waals surface area contributed by atoms with Gasteiger partial charge in [0, 0.05) is 19.0 Å². The van der Waals surface area contributed by atoms with Crippen molar-refractivity contribution in [2.45, 2.75) is 38.6 Å². The van der Waals surface area contributed by atoms with Gasteiger partial charge in [0.15, 0.2) is 0 Å². The Morgan fingerprint density at radius 2 is 2.14 bits per heavy atom. The average molecular weight is 196 g/mol. The molecule has 0 aromatic carbocycles. The van der Waals surface area contributed by atoms with Crippen molar-refractivity contribution in [3.63, 3.8) is 0 Å². The molecule has 1 saturated carbocycles. The molecule has 1 aliphatic heterocycles. The zero-order chi connectivity index (χ0) is 10.1. The lowest BCUT2D eigenvalue weighted by molar-refractivity contribution is -0.121. The smallest absolute Gasteiger partial charge is 0.321 e. The summed E-state index contributed by atoms with van der Waals surface area (Å²) >= 11 is 0. The van der Waals surface area contributed by atoms with Crippen molar-refractivity contribution in [3.05, 3.63) is 0 Å². The SMILES string of the molecule is CC(C1CCC1)N1CCC(=O)NC1=O. The molecule has 3 amide bonds. The molecule has 1 heterocycles. The van der Waals surface area contributed by atoms with Gasteiger partial charge in [0.25, 0.3) is 0 Å². The van der Waals surface area contributed by atoms with Crippen LogP contribution in [0.5, 0.6) is 0 Å². The Kier molecular flexibility index (Phi) is 2.44. The van der Waals surface area contributed by atoms with E-state index in [0.717, 1.165) is 0 Å². The first kappa shape index (κ1) is 9.49. The zero-order valence-corrected chi connectivity index (χ0v) is 8.45. The Morgan fingerprint density at radius 3 is 2.64 bits per heavy atom. The maximum Gasteiger partial charge on any atom is 0.324 e. The third-order valence-electron chi connectivity index (χ3n) is 3.41. The minimum atomic E-state index is -0.208. The topological polar surface area (TPSA) is 49.4 Å². The predicted octanol–water partition coefficient (Wildman–Crippen LogP) is 1.12. The molecule has 1 unspecified atom stereocenters. The molecule has 0 aromatic rings. The molecule has 4 heteroatoms. The monoisotopic (exact) mass is 196 g/mol. The highest BCUT2D eigenvalue weighted by molar-refractivity contribution is 5.96. The van der Waals surface area contributed by atoms with Gasteiger partial charge in [0.05, 0.1) is 0 Å². The lowest BCUT2D eigenvalue weighted by Gasteiger charge is -2.40. The first-order valence-corrected chi connectivity index (χ1v) is 5.29. The van der Waals surface area contributed by atoms with E-state index in [1.807, 2.05) is 0 Å². The Hall–Kier alpha value is -1.06. The Morgan fingerprint density at radius 1 is 1.43 bits per heavy atom. The van der Waals surface area contributed by atoms with Crippen molar-refractivity contribution in [2.24, 2.45) is 5.92 Å². The molecular formula is C10H16N2O2. The molecule has 1 N–H and O–H groups in total. The van der Waals surface area contributed by atoms with E-state index in [1.165, 1.54) is 19.3 Å². The van der Waals surface area contributed by atoms with Crippen LogP contribution in [0.25, 0.3) is 0 Å². The van der Waals surface area contributed by atoms with Crippen LogP contribution >= 0.6 is 0 Å². The van der Waals surface area contributed by atoms with Crippen LogP contribution in [0.15, 0.2) is 0 Å². The minimum absolute atomic E-state index is 0.146. The number of carbonyl (C=O) groups is 2. The number of amides is 3. The second-order valence-corrected chi connectivity index (χ2v) is 4.23. The van der Waals surface area contributed by atoms with Crippen LogP contribution in [0.3, 0.4) is 0 Å². The van der Waals surface area contributed by atoms with Crippen LogP contribution in [0.2, 0.25) is 0 Å². The van der Waals surface area contributed by atoms with Crippen LogP contribution in [-0.2, 0) is 4.79 Å². The summed E-state index contributed by atoms with van der Waals surface area (Å²) in [5.74, 6) is 0.501. The van der Waals surface area contributed by atoms with Crippen LogP contribution < -0.4 is 5.32 Å². The van der Waals surface area contributed by atoms with Gasteiger partial charge in [-0.1, -0.05) is 6.42 Å². The van der Waals surface area contributed by atoms with Gasteiger partial charge in [-0.3, -0.25) is 10.1 Å². The number of hydrogen-bond acceptors (Lipinski definition) is 2. The van der Waals surface area contributed by atoms with E-state index in [1.54, 1.807) is 4.90 Å². The molecule has 78 valence electrons. The zero-order valence-electron chi connectivity index (χ0n) is 8.45. The first-order valence-electron chi connectivity index (χ1n) is 5.29. The molecule has 2 aliphatic rings.